The van der Waals surface area contributed by atoms with Gasteiger partial charge in [0.2, 0.25) is 5.95 Å². The van der Waals surface area contributed by atoms with Crippen LogP contribution in [0, 0.1) is 0 Å². The van der Waals surface area contributed by atoms with Gasteiger partial charge in [-0.1, -0.05) is 18.2 Å². The second-order valence-electron chi connectivity index (χ2n) is 7.07. The molecule has 2 aromatic heterocycles. The molecule has 0 saturated carbocycles. The largest absolute Gasteiger partial charge is 0.497 e. The number of hydrogen-bond acceptors (Lipinski definition) is 6. The van der Waals surface area contributed by atoms with Crippen LogP contribution in [0.1, 0.15) is 23.2 Å². The van der Waals surface area contributed by atoms with E-state index < -0.39 is 0 Å². The van der Waals surface area contributed by atoms with Crippen LogP contribution in [-0.4, -0.2) is 41.2 Å². The van der Waals surface area contributed by atoms with Crippen molar-refractivity contribution in [3.05, 3.63) is 72.3 Å². The van der Waals surface area contributed by atoms with E-state index in [4.69, 9.17) is 9.47 Å². The lowest BCUT2D eigenvalue weighted by atomic mass is 10.1. The predicted octanol–water partition coefficient (Wildman–Crippen LogP) is 4.76. The summed E-state index contributed by atoms with van der Waals surface area (Å²) in [5, 5.41) is 7.83. The average Bonchev–Trinajstić information content (AvgIpc) is 3.22. The summed E-state index contributed by atoms with van der Waals surface area (Å²) in [4.78, 5) is 16.8. The van der Waals surface area contributed by atoms with Gasteiger partial charge in [-0.15, -0.1) is 5.10 Å². The molecule has 0 amide bonds. The Morgan fingerprint density at radius 3 is 2.61 bits per heavy atom. The summed E-state index contributed by atoms with van der Waals surface area (Å²) < 4.78 is 12.1. The van der Waals surface area contributed by atoms with Crippen molar-refractivity contribution >= 4 is 23.1 Å². The van der Waals surface area contributed by atoms with Gasteiger partial charge in [-0.05, 0) is 55.0 Å². The van der Waals surface area contributed by atoms with E-state index in [1.54, 1.807) is 18.7 Å². The maximum absolute atomic E-state index is 12.2. The molecule has 31 heavy (non-hydrogen) atoms. The number of hydrogen-bond donors (Lipinski definition) is 1. The summed E-state index contributed by atoms with van der Waals surface area (Å²) in [6, 6.07) is 21.0. The molecule has 4 aromatic rings. The molecule has 7 heteroatoms. The molecule has 0 fully saturated rings. The normalized spacial score (nSPS) is 10.9. The van der Waals surface area contributed by atoms with Gasteiger partial charge < -0.3 is 14.8 Å². The minimum atomic E-state index is 0.109. The summed E-state index contributed by atoms with van der Waals surface area (Å²) >= 11 is 0. The van der Waals surface area contributed by atoms with Crippen molar-refractivity contribution in [3.63, 3.8) is 0 Å². The van der Waals surface area contributed by atoms with E-state index in [9.17, 15) is 4.79 Å². The summed E-state index contributed by atoms with van der Waals surface area (Å²) in [7, 11) is 3.29. The number of carbonyl (C=O) groups is 1. The van der Waals surface area contributed by atoms with Crippen molar-refractivity contribution in [2.75, 3.05) is 26.1 Å². The number of ketones is 1. The highest BCUT2D eigenvalue weighted by Gasteiger charge is 2.11. The summed E-state index contributed by atoms with van der Waals surface area (Å²) in [5.74, 6) is 1.37. The number of nitrogens with zero attached hydrogens (tertiary/aromatic N) is 3. The molecule has 0 saturated heterocycles. The topological polar surface area (TPSA) is 77.8 Å². The van der Waals surface area contributed by atoms with Crippen LogP contribution < -0.4 is 10.1 Å². The van der Waals surface area contributed by atoms with Crippen molar-refractivity contribution < 1.29 is 14.3 Å². The second-order valence-corrected chi connectivity index (χ2v) is 7.07. The van der Waals surface area contributed by atoms with Crippen LogP contribution >= 0.6 is 0 Å². The van der Waals surface area contributed by atoms with E-state index in [0.717, 1.165) is 34.8 Å². The zero-order chi connectivity index (χ0) is 21.6. The third kappa shape index (κ3) is 4.73. The van der Waals surface area contributed by atoms with Crippen molar-refractivity contribution in [3.8, 4) is 17.0 Å². The van der Waals surface area contributed by atoms with Crippen LogP contribution in [-0.2, 0) is 4.74 Å². The smallest absolute Gasteiger partial charge is 0.247 e. The fourth-order valence-corrected chi connectivity index (χ4v) is 3.35. The minimum Gasteiger partial charge on any atom is -0.497 e. The van der Waals surface area contributed by atoms with Gasteiger partial charge in [-0.3, -0.25) is 4.79 Å². The van der Waals surface area contributed by atoms with E-state index >= 15 is 0 Å². The van der Waals surface area contributed by atoms with E-state index in [-0.39, 0.29) is 5.78 Å². The first-order chi connectivity index (χ1) is 15.2. The van der Waals surface area contributed by atoms with Gasteiger partial charge in [0, 0.05) is 37.0 Å². The number of pyridine rings is 1. The number of nitrogens with one attached hydrogen (secondary N) is 1. The molecule has 0 radical (unpaired) electrons. The molecule has 0 aliphatic rings. The Labute approximate surface area is 180 Å². The molecule has 0 aliphatic carbocycles. The molecule has 4 rings (SSSR count). The Balaban J connectivity index is 1.54. The summed E-state index contributed by atoms with van der Waals surface area (Å²) in [6.07, 6.45) is 1.19. The molecule has 7 nitrogen and oxygen atoms in total. The molecule has 158 valence electrons. The molecular formula is C24H24N4O3. The lowest BCUT2D eigenvalue weighted by molar-refractivity contribution is 0.0963. The average molecular weight is 416 g/mol. The van der Waals surface area contributed by atoms with Gasteiger partial charge in [0.25, 0.3) is 0 Å². The maximum atomic E-state index is 12.2. The number of rotatable bonds is 9. The van der Waals surface area contributed by atoms with Crippen molar-refractivity contribution in [1.29, 1.82) is 0 Å². The van der Waals surface area contributed by atoms with E-state index in [0.29, 0.717) is 24.5 Å². The number of anilines is 2. The third-order valence-corrected chi connectivity index (χ3v) is 4.94. The van der Waals surface area contributed by atoms with E-state index in [2.05, 4.69) is 15.4 Å². The number of fused-ring (bicyclic) bond motifs is 1. The van der Waals surface area contributed by atoms with Crippen molar-refractivity contribution in [2.24, 2.45) is 0 Å². The Morgan fingerprint density at radius 2 is 1.84 bits per heavy atom. The number of aromatic nitrogens is 3. The van der Waals surface area contributed by atoms with Gasteiger partial charge in [0.05, 0.1) is 12.8 Å². The van der Waals surface area contributed by atoms with Crippen LogP contribution in [0.3, 0.4) is 0 Å². The highest BCUT2D eigenvalue weighted by Crippen LogP contribution is 2.25. The molecule has 0 aliphatic heterocycles. The first kappa shape index (κ1) is 20.6. The Hall–Kier alpha value is -3.71. The van der Waals surface area contributed by atoms with Gasteiger partial charge >= 0.3 is 0 Å². The number of benzene rings is 2. The number of ether oxygens (including phenoxy) is 2. The van der Waals surface area contributed by atoms with Crippen LogP contribution in [0.15, 0.2) is 66.7 Å². The summed E-state index contributed by atoms with van der Waals surface area (Å²) in [5.41, 5.74) is 4.12. The molecule has 2 aromatic carbocycles. The zero-order valence-corrected chi connectivity index (χ0v) is 17.5. The molecular weight excluding hydrogens is 392 g/mol. The fraction of sp³-hybridized carbons (Fsp3) is 0.208. The van der Waals surface area contributed by atoms with Crippen LogP contribution in [0.2, 0.25) is 0 Å². The minimum absolute atomic E-state index is 0.109. The lowest BCUT2D eigenvalue weighted by Crippen LogP contribution is -2.01. The molecule has 2 heterocycles. The highest BCUT2D eigenvalue weighted by molar-refractivity contribution is 5.96. The lowest BCUT2D eigenvalue weighted by Gasteiger charge is -2.06. The monoisotopic (exact) mass is 416 g/mol. The van der Waals surface area contributed by atoms with Gasteiger partial charge in [0.15, 0.2) is 11.4 Å². The van der Waals surface area contributed by atoms with Crippen LogP contribution in [0.25, 0.3) is 16.9 Å². The number of carbonyl (C=O) groups excluding carboxylic acids is 1. The van der Waals surface area contributed by atoms with Gasteiger partial charge in [-0.2, -0.15) is 4.98 Å². The molecule has 0 atom stereocenters. The quantitative estimate of drug-likeness (QED) is 0.313. The maximum Gasteiger partial charge on any atom is 0.247 e. The van der Waals surface area contributed by atoms with Gasteiger partial charge in [-0.25, -0.2) is 4.52 Å². The first-order valence-corrected chi connectivity index (χ1v) is 10.1. The standard InChI is InChI=1S/C24H24N4O3/c1-30-15-5-9-22(29)17-11-13-19(14-12-17)25-24-26-23-10-4-8-21(28(23)27-24)18-6-3-7-20(16-18)31-2/h3-4,6-8,10-14,16H,5,9,15H2,1-2H3,(H,25,27). The SMILES string of the molecule is COCCCC(=O)c1ccc(Nc2nc3cccc(-c4cccc(OC)c4)n3n2)cc1. The second kappa shape index (κ2) is 9.40. The Morgan fingerprint density at radius 1 is 1.03 bits per heavy atom. The Kier molecular flexibility index (Phi) is 6.24. The fourth-order valence-electron chi connectivity index (χ4n) is 3.35. The van der Waals surface area contributed by atoms with Crippen molar-refractivity contribution in [1.82, 2.24) is 14.6 Å². The van der Waals surface area contributed by atoms with E-state index in [1.807, 2.05) is 66.7 Å². The van der Waals surface area contributed by atoms with Crippen LogP contribution in [0.5, 0.6) is 5.75 Å². The summed E-state index contributed by atoms with van der Waals surface area (Å²) in [6.45, 7) is 0.586. The molecule has 0 bridgehead atoms. The highest BCUT2D eigenvalue weighted by atomic mass is 16.5. The van der Waals surface area contributed by atoms with Gasteiger partial charge in [0.1, 0.15) is 5.75 Å². The molecule has 0 unspecified atom stereocenters. The molecule has 1 N–H and O–H groups in total. The van der Waals surface area contributed by atoms with Crippen molar-refractivity contribution in [2.45, 2.75) is 12.8 Å². The number of Topliss-reactive ketones (excluding diaryl/α,β-unsaturated/α-hetero) is 1. The predicted molar refractivity (Wildman–Crippen MR) is 120 cm³/mol. The Bertz CT molecular complexity index is 1190. The first-order valence-electron chi connectivity index (χ1n) is 10.1. The van der Waals surface area contributed by atoms with E-state index in [1.165, 1.54) is 0 Å². The number of methoxy groups -OCH3 is 2. The van der Waals surface area contributed by atoms with Crippen LogP contribution in [0.4, 0.5) is 11.6 Å². The molecule has 0 spiro atoms. The third-order valence-electron chi connectivity index (χ3n) is 4.94. The zero-order valence-electron chi connectivity index (χ0n) is 17.5.